The normalized spacial score (nSPS) is 23.1. The Kier molecular flexibility index (Phi) is 10.1. The number of halogens is 1. The Bertz CT molecular complexity index is 2200. The Morgan fingerprint density at radius 3 is 2.47 bits per heavy atom. The molecule has 3 aliphatic heterocycles. The summed E-state index contributed by atoms with van der Waals surface area (Å²) in [5.74, 6) is -4.29. The Balaban J connectivity index is 1.15. The second-order valence-corrected chi connectivity index (χ2v) is 14.9. The number of ether oxygens (including phenoxy) is 4. The van der Waals surface area contributed by atoms with Gasteiger partial charge in [0.05, 0.1) is 21.3 Å². The topological polar surface area (TPSA) is 183 Å². The first kappa shape index (κ1) is 37.8. The van der Waals surface area contributed by atoms with Crippen LogP contribution in [0.5, 0.6) is 28.7 Å². The quantitative estimate of drug-likeness (QED) is 0.267. The van der Waals surface area contributed by atoms with E-state index in [1.807, 2.05) is 6.07 Å². The van der Waals surface area contributed by atoms with Crippen LogP contribution in [0.3, 0.4) is 0 Å². The molecule has 290 valence electrons. The van der Waals surface area contributed by atoms with Crippen LogP contribution < -0.4 is 29.8 Å². The van der Waals surface area contributed by atoms with Crippen molar-refractivity contribution in [3.8, 4) is 28.7 Å². The minimum Gasteiger partial charge on any atom is -0.507 e. The molecular weight excluding hydrogens is 734 g/mol. The van der Waals surface area contributed by atoms with E-state index in [1.165, 1.54) is 45.6 Å². The van der Waals surface area contributed by atoms with Gasteiger partial charge in [0.15, 0.2) is 28.8 Å². The molecule has 1 fully saturated rings. The molecule has 1 unspecified atom stereocenters. The number of phenolic OH excluding ortho intramolecular Hbond substituents is 1. The van der Waals surface area contributed by atoms with Crippen LogP contribution in [0.1, 0.15) is 66.1 Å². The van der Waals surface area contributed by atoms with Crippen LogP contribution >= 0.6 is 11.6 Å². The number of rotatable bonds is 10. The number of allylic oxidation sites excluding steroid dienone is 1. The van der Waals surface area contributed by atoms with E-state index in [9.17, 15) is 34.2 Å². The number of Topliss-reactive ketones (excluding diaryl/α,β-unsaturated/α-hetero) is 2. The van der Waals surface area contributed by atoms with Gasteiger partial charge in [-0.25, -0.2) is 0 Å². The van der Waals surface area contributed by atoms with Gasteiger partial charge in [-0.3, -0.25) is 24.0 Å². The standard InChI is InChI=1S/C40H42ClN3O11/c1-20-12-27(46)34(38(50)40(20)39(51)35-29(53-3)16-30(54-4)36(41)37(35)55-40)24(22-8-9-26(45)28(14-22)52-2)15-31(47)42-11-10-32(48)43-17-21-13-23(19-43)25-6-5-7-33(49)44(25)18-21/h5-9,14,16,20-21,23-24,45,50H,10-13,15,17-19H2,1-4H3,(H,42,47)/t20-,21-,23+,24?,40+/m1/s1. The van der Waals surface area contributed by atoms with Gasteiger partial charge in [-0.1, -0.05) is 30.7 Å². The molecule has 4 heterocycles. The Labute approximate surface area is 321 Å². The maximum atomic E-state index is 14.4. The number of hydrogen-bond acceptors (Lipinski definition) is 11. The van der Waals surface area contributed by atoms with Crippen LogP contribution in [0, 0.1) is 11.8 Å². The zero-order chi connectivity index (χ0) is 39.3. The van der Waals surface area contributed by atoms with Crippen molar-refractivity contribution in [1.82, 2.24) is 14.8 Å². The number of aromatic hydroxyl groups is 1. The number of nitrogens with zero attached hydrogens (tertiary/aromatic N) is 2. The first-order valence-corrected chi connectivity index (χ1v) is 18.5. The number of likely N-dealkylation sites (tertiary alicyclic amines) is 1. The van der Waals surface area contributed by atoms with E-state index in [0.717, 1.165) is 12.1 Å². The molecule has 3 aromatic rings. The average Bonchev–Trinajstić information content (AvgIpc) is 3.48. The number of benzene rings is 2. The molecule has 3 N–H and O–H groups in total. The van der Waals surface area contributed by atoms with Crippen LogP contribution in [-0.2, 0) is 20.9 Å². The van der Waals surface area contributed by atoms with Crippen LogP contribution in [0.15, 0.2) is 58.6 Å². The van der Waals surface area contributed by atoms with Gasteiger partial charge in [-0.2, -0.15) is 0 Å². The third-order valence-electron chi connectivity index (χ3n) is 11.3. The summed E-state index contributed by atoms with van der Waals surface area (Å²) in [6.45, 7) is 3.14. The number of pyridine rings is 1. The number of carbonyl (C=O) groups is 4. The van der Waals surface area contributed by atoms with E-state index in [0.29, 0.717) is 25.2 Å². The van der Waals surface area contributed by atoms with E-state index >= 15 is 0 Å². The lowest BCUT2D eigenvalue weighted by Crippen LogP contribution is -2.53. The maximum Gasteiger partial charge on any atom is 0.250 e. The monoisotopic (exact) mass is 775 g/mol. The van der Waals surface area contributed by atoms with Crippen LogP contribution in [-0.4, -0.2) is 89.6 Å². The van der Waals surface area contributed by atoms with Crippen molar-refractivity contribution in [3.63, 3.8) is 0 Å². The molecule has 55 heavy (non-hydrogen) atoms. The van der Waals surface area contributed by atoms with Gasteiger partial charge in [0.2, 0.25) is 23.2 Å². The third kappa shape index (κ3) is 6.35. The summed E-state index contributed by atoms with van der Waals surface area (Å²) < 4.78 is 24.3. The van der Waals surface area contributed by atoms with Crippen molar-refractivity contribution in [2.75, 3.05) is 41.0 Å². The summed E-state index contributed by atoms with van der Waals surface area (Å²) >= 11 is 6.61. The van der Waals surface area contributed by atoms with E-state index in [-0.39, 0.29) is 94.0 Å². The first-order chi connectivity index (χ1) is 26.3. The summed E-state index contributed by atoms with van der Waals surface area (Å²) in [6.07, 6.45) is 0.308. The highest BCUT2D eigenvalue weighted by atomic mass is 35.5. The second kappa shape index (κ2) is 14.6. The number of ketones is 2. The molecule has 14 nitrogen and oxygen atoms in total. The summed E-state index contributed by atoms with van der Waals surface area (Å²) in [5.41, 5.74) is -1.12. The van der Waals surface area contributed by atoms with Crippen LogP contribution in [0.4, 0.5) is 0 Å². The largest absolute Gasteiger partial charge is 0.507 e. The number of amides is 2. The molecule has 15 heteroatoms. The predicted molar refractivity (Wildman–Crippen MR) is 198 cm³/mol. The average molecular weight is 776 g/mol. The number of nitrogens with one attached hydrogen (secondary N) is 1. The smallest absolute Gasteiger partial charge is 0.250 e. The minimum atomic E-state index is -2.09. The second-order valence-electron chi connectivity index (χ2n) is 14.5. The number of carbonyl (C=O) groups excluding carboxylic acids is 4. The van der Waals surface area contributed by atoms with Crippen molar-refractivity contribution >= 4 is 35.0 Å². The van der Waals surface area contributed by atoms with E-state index in [4.69, 9.17) is 30.5 Å². The number of phenols is 1. The molecule has 1 aromatic heterocycles. The number of hydrogen-bond donors (Lipinski definition) is 3. The lowest BCUT2D eigenvalue weighted by atomic mass is 9.69. The molecule has 4 aliphatic rings. The van der Waals surface area contributed by atoms with Gasteiger partial charge in [0.25, 0.3) is 5.56 Å². The molecule has 1 spiro atoms. The first-order valence-electron chi connectivity index (χ1n) is 18.1. The van der Waals surface area contributed by atoms with Gasteiger partial charge in [-0.15, -0.1) is 0 Å². The maximum absolute atomic E-state index is 14.4. The van der Waals surface area contributed by atoms with Crippen molar-refractivity contribution in [2.24, 2.45) is 11.8 Å². The minimum absolute atomic E-state index is 0.00213. The molecule has 1 saturated heterocycles. The summed E-state index contributed by atoms with van der Waals surface area (Å²) in [5, 5.41) is 25.3. The van der Waals surface area contributed by atoms with Crippen molar-refractivity contribution in [2.45, 2.75) is 56.6 Å². The van der Waals surface area contributed by atoms with Crippen LogP contribution in [0.25, 0.3) is 0 Å². The molecule has 0 radical (unpaired) electrons. The predicted octanol–water partition coefficient (Wildman–Crippen LogP) is 4.29. The molecule has 2 amide bonds. The lowest BCUT2D eigenvalue weighted by Gasteiger charge is -2.42. The number of fused-ring (bicyclic) bond motifs is 5. The zero-order valence-corrected chi connectivity index (χ0v) is 31.6. The third-order valence-corrected chi connectivity index (χ3v) is 11.7. The van der Waals surface area contributed by atoms with E-state index in [1.54, 1.807) is 28.5 Å². The molecule has 7 rings (SSSR count). The van der Waals surface area contributed by atoms with Gasteiger partial charge in [-0.05, 0) is 36.1 Å². The Morgan fingerprint density at radius 2 is 1.75 bits per heavy atom. The van der Waals surface area contributed by atoms with E-state index in [2.05, 4.69) is 5.32 Å². The van der Waals surface area contributed by atoms with Crippen LogP contribution in [0.2, 0.25) is 5.02 Å². The fourth-order valence-corrected chi connectivity index (χ4v) is 8.93. The molecule has 5 atom stereocenters. The van der Waals surface area contributed by atoms with Gasteiger partial charge in [0.1, 0.15) is 22.1 Å². The van der Waals surface area contributed by atoms with Crippen molar-refractivity contribution < 1.29 is 48.3 Å². The molecule has 2 aromatic carbocycles. The van der Waals surface area contributed by atoms with Gasteiger partial charge < -0.3 is 43.9 Å². The molecule has 0 saturated carbocycles. The number of aromatic nitrogens is 1. The Hall–Kier alpha value is -5.50. The molecule has 2 bridgehead atoms. The fraction of sp³-hybridized carbons (Fsp3) is 0.425. The summed E-state index contributed by atoms with van der Waals surface area (Å²) in [7, 11) is 4.09. The van der Waals surface area contributed by atoms with Crippen molar-refractivity contribution in [3.05, 3.63) is 86.0 Å². The SMILES string of the molecule is COc1cc(C(CC(=O)NCCC(=O)N2C[C@H]3C[C@@H](C2)c2cccc(=O)n2C3)C2=C(O)[C@@]3(Oc4c(Cl)c(OC)cc(OC)c4C3=O)[C@H](C)CC2=O)ccc1O. The number of aliphatic hydroxyl groups excluding tert-OH is 1. The van der Waals surface area contributed by atoms with Gasteiger partial charge >= 0.3 is 0 Å². The highest BCUT2D eigenvalue weighted by Crippen LogP contribution is 2.56. The van der Waals surface area contributed by atoms with Crippen molar-refractivity contribution in [1.29, 1.82) is 0 Å². The van der Waals surface area contributed by atoms with E-state index < -0.39 is 40.7 Å². The number of piperidine rings is 1. The highest BCUT2D eigenvalue weighted by molar-refractivity contribution is 6.35. The summed E-state index contributed by atoms with van der Waals surface area (Å²) in [4.78, 5) is 69.6. The van der Waals surface area contributed by atoms with Gasteiger partial charge in [0, 0.05) is 86.6 Å². The number of methoxy groups -OCH3 is 3. The lowest BCUT2D eigenvalue weighted by molar-refractivity contribution is -0.134. The Morgan fingerprint density at radius 1 is 1.00 bits per heavy atom. The summed E-state index contributed by atoms with van der Waals surface area (Å²) in [6, 6.07) is 10.9. The molecular formula is C40H42ClN3O11. The zero-order valence-electron chi connectivity index (χ0n) is 30.8. The molecule has 1 aliphatic carbocycles. The highest BCUT2D eigenvalue weighted by Gasteiger charge is 2.61. The fourth-order valence-electron chi connectivity index (χ4n) is 8.66. The number of aliphatic hydroxyl groups is 1.